The van der Waals surface area contributed by atoms with Crippen molar-refractivity contribution in [3.8, 4) is 11.5 Å². The summed E-state index contributed by atoms with van der Waals surface area (Å²) >= 11 is 0. The fraction of sp³-hybridized carbons (Fsp3) is 0.476. The first-order valence-electron chi connectivity index (χ1n) is 9.86. The number of aliphatic hydroxyl groups is 1. The van der Waals surface area contributed by atoms with E-state index in [1.54, 1.807) is 0 Å². The van der Waals surface area contributed by atoms with E-state index >= 15 is 0 Å². The maximum atomic E-state index is 10.3. The molecule has 1 aromatic carbocycles. The number of benzene rings is 1. The highest BCUT2D eigenvalue weighted by Gasteiger charge is 2.25. The van der Waals surface area contributed by atoms with Gasteiger partial charge in [0.15, 0.2) is 17.6 Å². The third kappa shape index (κ3) is 4.92. The summed E-state index contributed by atoms with van der Waals surface area (Å²) in [5.41, 5.74) is 0. The largest absolute Gasteiger partial charge is 0.486 e. The van der Waals surface area contributed by atoms with Gasteiger partial charge in [-0.3, -0.25) is 9.80 Å². The van der Waals surface area contributed by atoms with Gasteiger partial charge in [-0.05, 0) is 18.2 Å². The number of β-amino-alcohol motifs (C(OH)–C–C–N with tert-alkyl or cyclic N) is 1. The Balaban J connectivity index is 1.14. The molecule has 150 valence electrons. The Morgan fingerprint density at radius 3 is 2.64 bits per heavy atom. The van der Waals surface area contributed by atoms with Crippen molar-refractivity contribution < 1.29 is 24.3 Å². The van der Waals surface area contributed by atoms with Crippen LogP contribution in [-0.2, 0) is 4.74 Å². The fourth-order valence-electron chi connectivity index (χ4n) is 3.58. The van der Waals surface area contributed by atoms with Crippen molar-refractivity contribution >= 4 is 5.82 Å². The highest BCUT2D eigenvalue weighted by molar-refractivity contribution is 5.40. The van der Waals surface area contributed by atoms with E-state index in [-0.39, 0.29) is 6.10 Å². The van der Waals surface area contributed by atoms with E-state index in [1.165, 1.54) is 0 Å². The molecule has 0 unspecified atom stereocenters. The molecule has 0 aliphatic carbocycles. The topological polar surface area (TPSA) is 68.5 Å². The molecule has 3 heterocycles. The van der Waals surface area contributed by atoms with Gasteiger partial charge in [-0.2, -0.15) is 0 Å². The molecule has 0 bridgehead atoms. The van der Waals surface area contributed by atoms with Gasteiger partial charge in [0, 0.05) is 25.7 Å². The van der Waals surface area contributed by atoms with E-state index in [0.29, 0.717) is 26.4 Å². The Kier molecular flexibility index (Phi) is 6.26. The SMILES string of the molecule is O[C@H](COC[C@@H]1COc2ccccc2O1)CN1CCN(c2cccc[nH+]2)CC1. The van der Waals surface area contributed by atoms with Crippen LogP contribution in [0.3, 0.4) is 0 Å². The maximum absolute atomic E-state index is 10.3. The van der Waals surface area contributed by atoms with E-state index in [0.717, 1.165) is 43.5 Å². The quantitative estimate of drug-likeness (QED) is 0.761. The number of aliphatic hydroxyl groups excluding tert-OH is 1. The summed E-state index contributed by atoms with van der Waals surface area (Å²) in [6, 6.07) is 13.7. The van der Waals surface area contributed by atoms with Gasteiger partial charge < -0.3 is 19.3 Å². The number of aromatic nitrogens is 1. The molecule has 4 rings (SSSR count). The summed E-state index contributed by atoms with van der Waals surface area (Å²) in [5.74, 6) is 2.66. The first-order chi connectivity index (χ1) is 13.8. The number of hydrogen-bond donors (Lipinski definition) is 1. The lowest BCUT2D eigenvalue weighted by Gasteiger charge is -2.32. The zero-order valence-electron chi connectivity index (χ0n) is 16.0. The second-order valence-electron chi connectivity index (χ2n) is 7.22. The van der Waals surface area contributed by atoms with Gasteiger partial charge in [-0.25, -0.2) is 4.98 Å². The fourth-order valence-corrected chi connectivity index (χ4v) is 3.58. The molecular weight excluding hydrogens is 358 g/mol. The average molecular weight is 386 g/mol. The minimum absolute atomic E-state index is 0.146. The third-order valence-corrected chi connectivity index (χ3v) is 5.06. The molecule has 0 radical (unpaired) electrons. The molecule has 28 heavy (non-hydrogen) atoms. The highest BCUT2D eigenvalue weighted by atomic mass is 16.6. The average Bonchev–Trinajstić information content (AvgIpc) is 2.75. The number of aromatic amines is 1. The number of para-hydroxylation sites is 2. The molecule has 7 nitrogen and oxygen atoms in total. The lowest BCUT2D eigenvalue weighted by atomic mass is 10.2. The van der Waals surface area contributed by atoms with Crippen LogP contribution in [-0.4, -0.2) is 74.8 Å². The predicted molar refractivity (Wildman–Crippen MR) is 105 cm³/mol. The number of H-pyrrole nitrogens is 1. The molecule has 7 heteroatoms. The number of anilines is 1. The van der Waals surface area contributed by atoms with Crippen molar-refractivity contribution in [3.05, 3.63) is 48.7 Å². The monoisotopic (exact) mass is 386 g/mol. The number of nitrogens with zero attached hydrogens (tertiary/aromatic N) is 2. The molecule has 1 fully saturated rings. The van der Waals surface area contributed by atoms with Crippen molar-refractivity contribution in [2.75, 3.05) is 57.4 Å². The van der Waals surface area contributed by atoms with Gasteiger partial charge >= 0.3 is 0 Å². The zero-order chi connectivity index (χ0) is 19.2. The second-order valence-corrected chi connectivity index (χ2v) is 7.22. The number of pyridine rings is 1. The van der Waals surface area contributed by atoms with Gasteiger partial charge in [0.25, 0.3) is 5.82 Å². The van der Waals surface area contributed by atoms with Crippen molar-refractivity contribution in [2.24, 2.45) is 0 Å². The molecule has 1 saturated heterocycles. The molecule has 2 aliphatic rings. The van der Waals surface area contributed by atoms with Crippen LogP contribution in [0.25, 0.3) is 0 Å². The third-order valence-electron chi connectivity index (χ3n) is 5.06. The van der Waals surface area contributed by atoms with Crippen LogP contribution < -0.4 is 19.4 Å². The van der Waals surface area contributed by atoms with Gasteiger partial charge in [0.1, 0.15) is 6.61 Å². The predicted octanol–water partition coefficient (Wildman–Crippen LogP) is 0.840. The molecule has 0 amide bonds. The molecule has 2 N–H and O–H groups in total. The molecular formula is C21H28N3O4+. The standard InChI is InChI=1S/C21H27N3O4/c25-17(13-23-9-11-24(12-10-23)21-7-3-4-8-22-21)14-26-15-18-16-27-19-5-1-2-6-20(19)28-18/h1-8,17-18,25H,9-16H2/p+1/t17-,18+/m0/s1. The Morgan fingerprint density at radius 2 is 1.86 bits per heavy atom. The van der Waals surface area contributed by atoms with E-state index in [2.05, 4.69) is 20.9 Å². The Labute approximate surface area is 165 Å². The van der Waals surface area contributed by atoms with Gasteiger partial charge in [-0.15, -0.1) is 0 Å². The summed E-state index contributed by atoms with van der Waals surface area (Å²) < 4.78 is 17.2. The number of piperazine rings is 1. The van der Waals surface area contributed by atoms with Gasteiger partial charge in [0.05, 0.1) is 38.6 Å². The molecule has 2 aromatic rings. The summed E-state index contributed by atoms with van der Waals surface area (Å²) in [7, 11) is 0. The number of rotatable bonds is 7. The maximum Gasteiger partial charge on any atom is 0.274 e. The first-order valence-corrected chi connectivity index (χ1v) is 9.86. The summed E-state index contributed by atoms with van der Waals surface area (Å²) in [6.07, 6.45) is 1.29. The minimum atomic E-state index is -0.508. The van der Waals surface area contributed by atoms with E-state index < -0.39 is 6.10 Å². The Bertz CT molecular complexity index is 737. The number of fused-ring (bicyclic) bond motifs is 1. The highest BCUT2D eigenvalue weighted by Crippen LogP contribution is 2.30. The van der Waals surface area contributed by atoms with Crippen molar-refractivity contribution in [1.29, 1.82) is 0 Å². The van der Waals surface area contributed by atoms with Crippen LogP contribution in [0.4, 0.5) is 5.82 Å². The summed E-state index contributed by atoms with van der Waals surface area (Å²) in [5, 5.41) is 10.3. The van der Waals surface area contributed by atoms with Crippen LogP contribution in [0, 0.1) is 0 Å². The van der Waals surface area contributed by atoms with Crippen LogP contribution in [0.1, 0.15) is 0 Å². The molecule has 2 aliphatic heterocycles. The summed E-state index contributed by atoms with van der Waals surface area (Å²) in [4.78, 5) is 7.89. The van der Waals surface area contributed by atoms with Crippen molar-refractivity contribution in [1.82, 2.24) is 4.90 Å². The van der Waals surface area contributed by atoms with E-state index in [4.69, 9.17) is 14.2 Å². The number of nitrogens with one attached hydrogen (secondary N) is 1. The van der Waals surface area contributed by atoms with Crippen LogP contribution in [0.2, 0.25) is 0 Å². The molecule has 0 saturated carbocycles. The lowest BCUT2D eigenvalue weighted by molar-refractivity contribution is -0.364. The van der Waals surface area contributed by atoms with E-state index in [9.17, 15) is 5.11 Å². The minimum Gasteiger partial charge on any atom is -0.486 e. The van der Waals surface area contributed by atoms with Gasteiger partial charge in [0.2, 0.25) is 0 Å². The Hall–Kier alpha value is -2.35. The lowest BCUT2D eigenvalue weighted by Crippen LogP contribution is -2.50. The molecule has 0 spiro atoms. The van der Waals surface area contributed by atoms with Crippen molar-refractivity contribution in [3.63, 3.8) is 0 Å². The zero-order valence-corrected chi connectivity index (χ0v) is 16.0. The molecule has 2 atom stereocenters. The van der Waals surface area contributed by atoms with E-state index in [1.807, 2.05) is 42.6 Å². The van der Waals surface area contributed by atoms with Crippen LogP contribution in [0.15, 0.2) is 48.7 Å². The van der Waals surface area contributed by atoms with Gasteiger partial charge in [-0.1, -0.05) is 18.2 Å². The molecule has 1 aromatic heterocycles. The second kappa shape index (κ2) is 9.23. The summed E-state index contributed by atoms with van der Waals surface area (Å²) in [6.45, 7) is 5.54. The van der Waals surface area contributed by atoms with Crippen LogP contribution >= 0.6 is 0 Å². The smallest absolute Gasteiger partial charge is 0.274 e. The Morgan fingerprint density at radius 1 is 1.07 bits per heavy atom. The van der Waals surface area contributed by atoms with Crippen LogP contribution in [0.5, 0.6) is 11.5 Å². The normalized spacial score (nSPS) is 20.8. The van der Waals surface area contributed by atoms with Crippen molar-refractivity contribution in [2.45, 2.75) is 12.2 Å². The first kappa shape index (κ1) is 19.0. The number of hydrogen-bond acceptors (Lipinski definition) is 6. The number of ether oxygens (including phenoxy) is 3.